The lowest BCUT2D eigenvalue weighted by atomic mass is 9.97. The molecule has 0 N–H and O–H groups in total. The van der Waals surface area contributed by atoms with E-state index in [1.807, 2.05) is 6.08 Å². The Kier molecular flexibility index (Phi) is 6.55. The van der Waals surface area contributed by atoms with Crippen LogP contribution in [0.25, 0.3) is 0 Å². The molecule has 1 heterocycles. The average molecular weight is 184 g/mol. The van der Waals surface area contributed by atoms with Crippen LogP contribution >= 0.6 is 0 Å². The van der Waals surface area contributed by atoms with E-state index in [4.69, 9.17) is 9.47 Å². The van der Waals surface area contributed by atoms with Crippen LogP contribution in [0.1, 0.15) is 20.3 Å². The van der Waals surface area contributed by atoms with Gasteiger partial charge in [-0.1, -0.05) is 26.3 Å². The molecule has 0 radical (unpaired) electrons. The molecular weight excluding hydrogens is 164 g/mol. The molecule has 1 saturated heterocycles. The zero-order valence-electron chi connectivity index (χ0n) is 8.66. The van der Waals surface area contributed by atoms with Crippen molar-refractivity contribution in [3.8, 4) is 0 Å². The zero-order valence-corrected chi connectivity index (χ0v) is 8.66. The molecule has 1 aliphatic rings. The molecule has 0 aromatic carbocycles. The molecule has 2 heteroatoms. The maximum Gasteiger partial charge on any atom is 0.148 e. The van der Waals surface area contributed by atoms with E-state index in [2.05, 4.69) is 33.6 Å². The quantitative estimate of drug-likeness (QED) is 0.628. The van der Waals surface area contributed by atoms with Crippen LogP contribution < -0.4 is 0 Å². The van der Waals surface area contributed by atoms with E-state index in [9.17, 15) is 0 Å². The Balaban J connectivity index is 0.000000671. The van der Waals surface area contributed by atoms with Crippen molar-refractivity contribution in [1.29, 1.82) is 0 Å². The Bertz CT molecular complexity index is 145. The van der Waals surface area contributed by atoms with E-state index in [1.54, 1.807) is 0 Å². The SMILES string of the molecule is C=C.C=CC1OCOC1C(C)CC. The number of hydrogen-bond donors (Lipinski definition) is 0. The maximum absolute atomic E-state index is 5.42. The number of ether oxygens (including phenoxy) is 2. The van der Waals surface area contributed by atoms with Gasteiger partial charge in [-0.25, -0.2) is 0 Å². The van der Waals surface area contributed by atoms with Crippen molar-refractivity contribution in [2.45, 2.75) is 32.5 Å². The maximum atomic E-state index is 5.42. The summed E-state index contributed by atoms with van der Waals surface area (Å²) in [5.74, 6) is 0.556. The van der Waals surface area contributed by atoms with Gasteiger partial charge in [0.1, 0.15) is 12.9 Å². The monoisotopic (exact) mass is 184 g/mol. The van der Waals surface area contributed by atoms with E-state index in [0.29, 0.717) is 12.7 Å². The Morgan fingerprint density at radius 1 is 1.46 bits per heavy atom. The molecule has 0 saturated carbocycles. The first-order valence-electron chi connectivity index (χ1n) is 4.65. The summed E-state index contributed by atoms with van der Waals surface area (Å²) in [5, 5.41) is 0. The van der Waals surface area contributed by atoms with Gasteiger partial charge in [0.05, 0.1) is 6.10 Å². The summed E-state index contributed by atoms with van der Waals surface area (Å²) < 4.78 is 10.7. The van der Waals surface area contributed by atoms with E-state index < -0.39 is 0 Å². The van der Waals surface area contributed by atoms with Crippen molar-refractivity contribution in [3.05, 3.63) is 25.8 Å². The first-order chi connectivity index (χ1) is 6.29. The largest absolute Gasteiger partial charge is 0.349 e. The fourth-order valence-electron chi connectivity index (χ4n) is 1.31. The van der Waals surface area contributed by atoms with E-state index in [-0.39, 0.29) is 12.2 Å². The fraction of sp³-hybridized carbons (Fsp3) is 0.636. The fourth-order valence-corrected chi connectivity index (χ4v) is 1.31. The smallest absolute Gasteiger partial charge is 0.148 e. The van der Waals surface area contributed by atoms with Gasteiger partial charge in [-0.15, -0.1) is 19.7 Å². The molecule has 0 aliphatic carbocycles. The molecule has 0 aromatic rings. The van der Waals surface area contributed by atoms with Crippen molar-refractivity contribution >= 4 is 0 Å². The van der Waals surface area contributed by atoms with Crippen molar-refractivity contribution in [2.75, 3.05) is 6.79 Å². The van der Waals surface area contributed by atoms with Crippen LogP contribution in [0.5, 0.6) is 0 Å². The highest BCUT2D eigenvalue weighted by Gasteiger charge is 2.30. The summed E-state index contributed by atoms with van der Waals surface area (Å²) in [4.78, 5) is 0. The normalized spacial score (nSPS) is 28.8. The topological polar surface area (TPSA) is 18.5 Å². The molecule has 0 aromatic heterocycles. The van der Waals surface area contributed by atoms with Crippen LogP contribution in [-0.4, -0.2) is 19.0 Å². The minimum Gasteiger partial charge on any atom is -0.349 e. The number of rotatable bonds is 3. The summed E-state index contributed by atoms with van der Waals surface area (Å²) >= 11 is 0. The molecule has 0 amide bonds. The lowest BCUT2D eigenvalue weighted by Gasteiger charge is -2.19. The predicted molar refractivity (Wildman–Crippen MR) is 55.5 cm³/mol. The average Bonchev–Trinajstić information content (AvgIpc) is 2.67. The van der Waals surface area contributed by atoms with Gasteiger partial charge in [0.25, 0.3) is 0 Å². The second-order valence-corrected chi connectivity index (χ2v) is 3.00. The molecule has 0 bridgehead atoms. The van der Waals surface area contributed by atoms with Crippen LogP contribution in [0.3, 0.4) is 0 Å². The summed E-state index contributed by atoms with van der Waals surface area (Å²) in [5.41, 5.74) is 0. The third-order valence-corrected chi connectivity index (χ3v) is 2.28. The van der Waals surface area contributed by atoms with Crippen molar-refractivity contribution < 1.29 is 9.47 Å². The second-order valence-electron chi connectivity index (χ2n) is 3.00. The van der Waals surface area contributed by atoms with Crippen LogP contribution in [0, 0.1) is 5.92 Å². The van der Waals surface area contributed by atoms with E-state index in [1.165, 1.54) is 0 Å². The Morgan fingerprint density at radius 3 is 2.54 bits per heavy atom. The third-order valence-electron chi connectivity index (χ3n) is 2.28. The minimum atomic E-state index is 0.102. The predicted octanol–water partition coefficient (Wildman–Crippen LogP) is 2.76. The molecule has 1 aliphatic heterocycles. The highest BCUT2D eigenvalue weighted by molar-refractivity contribution is 4.91. The molecule has 76 valence electrons. The van der Waals surface area contributed by atoms with E-state index >= 15 is 0 Å². The van der Waals surface area contributed by atoms with Crippen molar-refractivity contribution in [1.82, 2.24) is 0 Å². The van der Waals surface area contributed by atoms with Gasteiger partial charge >= 0.3 is 0 Å². The lowest BCUT2D eigenvalue weighted by Crippen LogP contribution is -2.27. The molecule has 0 spiro atoms. The van der Waals surface area contributed by atoms with Gasteiger partial charge in [0.2, 0.25) is 0 Å². The van der Waals surface area contributed by atoms with Gasteiger partial charge in [-0.2, -0.15) is 0 Å². The Morgan fingerprint density at radius 2 is 2.08 bits per heavy atom. The molecular formula is C11H20O2. The minimum absolute atomic E-state index is 0.102. The van der Waals surface area contributed by atoms with Gasteiger partial charge < -0.3 is 9.47 Å². The van der Waals surface area contributed by atoms with Crippen LogP contribution in [0.2, 0.25) is 0 Å². The van der Waals surface area contributed by atoms with Crippen molar-refractivity contribution in [3.63, 3.8) is 0 Å². The third kappa shape index (κ3) is 3.33. The summed E-state index contributed by atoms with van der Waals surface area (Å²) in [6, 6.07) is 0. The Labute approximate surface area is 81.2 Å². The molecule has 3 unspecified atom stereocenters. The highest BCUT2D eigenvalue weighted by Crippen LogP contribution is 2.22. The second kappa shape index (κ2) is 6.87. The van der Waals surface area contributed by atoms with Crippen molar-refractivity contribution in [2.24, 2.45) is 5.92 Å². The zero-order chi connectivity index (χ0) is 10.3. The highest BCUT2D eigenvalue weighted by atomic mass is 16.7. The first-order valence-corrected chi connectivity index (χ1v) is 4.65. The number of hydrogen-bond acceptors (Lipinski definition) is 2. The Hall–Kier alpha value is -0.600. The van der Waals surface area contributed by atoms with Crippen LogP contribution in [0.4, 0.5) is 0 Å². The molecule has 2 nitrogen and oxygen atoms in total. The lowest BCUT2D eigenvalue weighted by molar-refractivity contribution is 0.0296. The van der Waals surface area contributed by atoms with Crippen LogP contribution in [0.15, 0.2) is 25.8 Å². The van der Waals surface area contributed by atoms with Gasteiger partial charge in [-0.3, -0.25) is 0 Å². The standard InChI is InChI=1S/C9H16O2.C2H4/c1-4-7(3)9-8(5-2)10-6-11-9;1-2/h5,7-9H,2,4,6H2,1,3H3;1-2H2. The van der Waals surface area contributed by atoms with Gasteiger partial charge in [0.15, 0.2) is 0 Å². The molecule has 3 atom stereocenters. The summed E-state index contributed by atoms with van der Waals surface area (Å²) in [6.45, 7) is 14.5. The first kappa shape index (κ1) is 12.4. The van der Waals surface area contributed by atoms with Gasteiger partial charge in [0, 0.05) is 0 Å². The van der Waals surface area contributed by atoms with Crippen LogP contribution in [-0.2, 0) is 9.47 Å². The molecule has 13 heavy (non-hydrogen) atoms. The van der Waals surface area contributed by atoms with Gasteiger partial charge in [-0.05, 0) is 5.92 Å². The summed E-state index contributed by atoms with van der Waals surface area (Å²) in [6.07, 6.45) is 3.27. The summed E-state index contributed by atoms with van der Waals surface area (Å²) in [7, 11) is 0. The molecule has 1 rings (SSSR count). The molecule has 1 fully saturated rings. The van der Waals surface area contributed by atoms with E-state index in [0.717, 1.165) is 6.42 Å².